The number of methoxy groups -OCH3 is 1. The van der Waals surface area contributed by atoms with E-state index in [-0.39, 0.29) is 5.82 Å². The standard InChI is InChI=1S/C13H11Cl2FOS/c1-7-5-11(18-13(7)15)12(14)9-4-3-8(17-2)6-10(9)16/h3-6,12H,1-2H3. The number of alkyl halides is 1. The van der Waals surface area contributed by atoms with Crippen LogP contribution in [0.1, 0.15) is 21.4 Å². The highest BCUT2D eigenvalue weighted by molar-refractivity contribution is 7.16. The molecule has 1 aromatic heterocycles. The van der Waals surface area contributed by atoms with Gasteiger partial charge in [-0.05, 0) is 24.6 Å². The number of rotatable bonds is 3. The van der Waals surface area contributed by atoms with E-state index in [1.807, 2.05) is 13.0 Å². The molecule has 1 heterocycles. The molecule has 2 rings (SSSR count). The van der Waals surface area contributed by atoms with Gasteiger partial charge in [0.05, 0.1) is 16.8 Å². The van der Waals surface area contributed by atoms with Gasteiger partial charge in [-0.2, -0.15) is 0 Å². The number of benzene rings is 1. The van der Waals surface area contributed by atoms with Crippen LogP contribution < -0.4 is 4.74 Å². The van der Waals surface area contributed by atoms with Gasteiger partial charge in [-0.3, -0.25) is 0 Å². The molecule has 0 aliphatic carbocycles. The van der Waals surface area contributed by atoms with Crippen molar-refractivity contribution >= 4 is 34.5 Å². The van der Waals surface area contributed by atoms with Crippen molar-refractivity contribution in [2.45, 2.75) is 12.3 Å². The Hall–Kier alpha value is -0.770. The van der Waals surface area contributed by atoms with E-state index in [4.69, 9.17) is 27.9 Å². The molecule has 18 heavy (non-hydrogen) atoms. The van der Waals surface area contributed by atoms with Crippen LogP contribution in [0.3, 0.4) is 0 Å². The van der Waals surface area contributed by atoms with E-state index >= 15 is 0 Å². The first-order chi connectivity index (χ1) is 8.52. The zero-order chi connectivity index (χ0) is 13.3. The average Bonchev–Trinajstić information content (AvgIpc) is 2.68. The first kappa shape index (κ1) is 13.7. The first-order valence-electron chi connectivity index (χ1n) is 5.26. The number of hydrogen-bond donors (Lipinski definition) is 0. The fourth-order valence-corrected chi connectivity index (χ4v) is 3.19. The van der Waals surface area contributed by atoms with Crippen LogP contribution in [0.5, 0.6) is 5.75 Å². The summed E-state index contributed by atoms with van der Waals surface area (Å²) in [6.07, 6.45) is 0. The number of thiophene rings is 1. The van der Waals surface area contributed by atoms with Crippen molar-refractivity contribution in [3.63, 3.8) is 0 Å². The van der Waals surface area contributed by atoms with Crippen LogP contribution in [0, 0.1) is 12.7 Å². The Morgan fingerprint density at radius 3 is 2.56 bits per heavy atom. The van der Waals surface area contributed by atoms with Crippen LogP contribution in [-0.4, -0.2) is 7.11 Å². The van der Waals surface area contributed by atoms with Gasteiger partial charge in [0.25, 0.3) is 0 Å². The Kier molecular flexibility index (Phi) is 4.15. The maximum Gasteiger partial charge on any atom is 0.131 e. The summed E-state index contributed by atoms with van der Waals surface area (Å²) in [5.41, 5.74) is 1.38. The normalized spacial score (nSPS) is 12.5. The van der Waals surface area contributed by atoms with Crippen LogP contribution >= 0.6 is 34.5 Å². The molecule has 0 bridgehead atoms. The smallest absolute Gasteiger partial charge is 0.131 e. The quantitative estimate of drug-likeness (QED) is 0.709. The number of hydrogen-bond acceptors (Lipinski definition) is 2. The molecule has 0 spiro atoms. The molecule has 1 atom stereocenters. The molecule has 96 valence electrons. The minimum Gasteiger partial charge on any atom is -0.497 e. The maximum atomic E-state index is 13.9. The average molecular weight is 305 g/mol. The Morgan fingerprint density at radius 1 is 1.33 bits per heavy atom. The molecular weight excluding hydrogens is 294 g/mol. The van der Waals surface area contributed by atoms with E-state index in [1.54, 1.807) is 12.1 Å². The summed E-state index contributed by atoms with van der Waals surface area (Å²) in [6, 6.07) is 6.53. The molecule has 5 heteroatoms. The molecule has 1 aromatic carbocycles. The second-order valence-electron chi connectivity index (χ2n) is 3.86. The Morgan fingerprint density at radius 2 is 2.06 bits per heavy atom. The van der Waals surface area contributed by atoms with E-state index in [2.05, 4.69) is 0 Å². The van der Waals surface area contributed by atoms with Gasteiger partial charge in [-0.25, -0.2) is 4.39 Å². The van der Waals surface area contributed by atoms with Gasteiger partial charge in [0, 0.05) is 16.5 Å². The van der Waals surface area contributed by atoms with Crippen molar-refractivity contribution in [2.75, 3.05) is 7.11 Å². The second kappa shape index (κ2) is 5.47. The van der Waals surface area contributed by atoms with Crippen molar-refractivity contribution in [1.82, 2.24) is 0 Å². The molecule has 0 amide bonds. The number of ether oxygens (including phenoxy) is 1. The second-order valence-corrected chi connectivity index (χ2v) is 5.98. The van der Waals surface area contributed by atoms with Crippen LogP contribution in [0.15, 0.2) is 24.3 Å². The molecule has 0 saturated carbocycles. The summed E-state index contributed by atoms with van der Waals surface area (Å²) in [5.74, 6) is 0.0945. The molecule has 0 radical (unpaired) electrons. The van der Waals surface area contributed by atoms with Gasteiger partial charge < -0.3 is 4.74 Å². The van der Waals surface area contributed by atoms with Gasteiger partial charge in [-0.15, -0.1) is 22.9 Å². The molecule has 0 saturated heterocycles. The predicted molar refractivity (Wildman–Crippen MR) is 74.7 cm³/mol. The zero-order valence-electron chi connectivity index (χ0n) is 9.84. The van der Waals surface area contributed by atoms with Crippen LogP contribution in [0.4, 0.5) is 4.39 Å². The lowest BCUT2D eigenvalue weighted by Gasteiger charge is -2.10. The molecule has 1 unspecified atom stereocenters. The number of halogens is 3. The first-order valence-corrected chi connectivity index (χ1v) is 6.89. The largest absolute Gasteiger partial charge is 0.497 e. The van der Waals surface area contributed by atoms with Crippen molar-refractivity contribution in [1.29, 1.82) is 0 Å². The third kappa shape index (κ3) is 2.63. The zero-order valence-corrected chi connectivity index (χ0v) is 12.2. The minimum atomic E-state index is -0.535. The predicted octanol–water partition coefficient (Wildman–Crippen LogP) is 5.19. The molecule has 0 aliphatic heterocycles. The van der Waals surface area contributed by atoms with E-state index in [9.17, 15) is 4.39 Å². The van der Waals surface area contributed by atoms with Gasteiger partial charge in [0.15, 0.2) is 0 Å². The van der Waals surface area contributed by atoms with E-state index in [0.29, 0.717) is 15.6 Å². The fraction of sp³-hybridized carbons (Fsp3) is 0.231. The highest BCUT2D eigenvalue weighted by Gasteiger charge is 2.18. The van der Waals surface area contributed by atoms with Gasteiger partial charge in [-0.1, -0.05) is 17.7 Å². The van der Waals surface area contributed by atoms with E-state index in [0.717, 1.165) is 10.4 Å². The third-order valence-electron chi connectivity index (χ3n) is 2.61. The monoisotopic (exact) mass is 304 g/mol. The number of aryl methyl sites for hydroxylation is 1. The van der Waals surface area contributed by atoms with E-state index < -0.39 is 5.38 Å². The summed E-state index contributed by atoms with van der Waals surface area (Å²) in [4.78, 5) is 0.836. The van der Waals surface area contributed by atoms with Crippen molar-refractivity contribution in [3.05, 3.63) is 50.4 Å². The lowest BCUT2D eigenvalue weighted by molar-refractivity contribution is 0.411. The maximum absolute atomic E-state index is 13.9. The SMILES string of the molecule is COc1ccc(C(Cl)c2cc(C)c(Cl)s2)c(F)c1. The Labute approximate surface area is 119 Å². The van der Waals surface area contributed by atoms with Gasteiger partial charge in [0.1, 0.15) is 11.6 Å². The molecule has 1 nitrogen and oxygen atoms in total. The Balaban J connectivity index is 2.36. The highest BCUT2D eigenvalue weighted by atomic mass is 35.5. The fourth-order valence-electron chi connectivity index (χ4n) is 1.60. The summed E-state index contributed by atoms with van der Waals surface area (Å²) in [7, 11) is 1.50. The third-order valence-corrected chi connectivity index (χ3v) is 4.83. The molecule has 0 aliphatic rings. The van der Waals surface area contributed by atoms with E-state index in [1.165, 1.54) is 24.5 Å². The summed E-state index contributed by atoms with van der Waals surface area (Å²) < 4.78 is 19.5. The summed E-state index contributed by atoms with van der Waals surface area (Å²) >= 11 is 13.7. The summed E-state index contributed by atoms with van der Waals surface area (Å²) in [6.45, 7) is 1.90. The van der Waals surface area contributed by atoms with Crippen LogP contribution in [0.2, 0.25) is 4.34 Å². The molecule has 0 fully saturated rings. The van der Waals surface area contributed by atoms with Crippen molar-refractivity contribution in [3.8, 4) is 5.75 Å². The highest BCUT2D eigenvalue weighted by Crippen LogP contribution is 2.39. The lowest BCUT2D eigenvalue weighted by atomic mass is 10.1. The minimum absolute atomic E-state index is 0.378. The van der Waals surface area contributed by atoms with Gasteiger partial charge >= 0.3 is 0 Å². The van der Waals surface area contributed by atoms with Crippen molar-refractivity contribution in [2.24, 2.45) is 0 Å². The van der Waals surface area contributed by atoms with Gasteiger partial charge in [0.2, 0.25) is 0 Å². The van der Waals surface area contributed by atoms with Crippen LogP contribution in [0.25, 0.3) is 0 Å². The topological polar surface area (TPSA) is 9.23 Å². The molecule has 2 aromatic rings. The lowest BCUT2D eigenvalue weighted by Crippen LogP contribution is -1.96. The Bertz CT molecular complexity index is 549. The summed E-state index contributed by atoms with van der Waals surface area (Å²) in [5, 5.41) is -0.535. The van der Waals surface area contributed by atoms with Crippen molar-refractivity contribution < 1.29 is 9.13 Å². The van der Waals surface area contributed by atoms with Crippen LogP contribution in [-0.2, 0) is 0 Å². The molecule has 0 N–H and O–H groups in total. The molecular formula is C13H11Cl2FOS.